The van der Waals surface area contributed by atoms with Gasteiger partial charge in [0.25, 0.3) is 0 Å². The molecule has 2 rings (SSSR count). The first kappa shape index (κ1) is 24.8. The molecular weight excluding hydrogens is 424 g/mol. The van der Waals surface area contributed by atoms with Crippen LogP contribution in [-0.4, -0.2) is 48.5 Å². The molecule has 0 aromatic heterocycles. The van der Waals surface area contributed by atoms with Gasteiger partial charge < -0.3 is 10.6 Å². The Morgan fingerprint density at radius 1 is 0.600 bits per heavy atom. The highest BCUT2D eigenvalue weighted by atomic mass is 33.1. The van der Waals surface area contributed by atoms with Crippen molar-refractivity contribution in [3.63, 3.8) is 0 Å². The fourth-order valence-electron chi connectivity index (χ4n) is 3.78. The van der Waals surface area contributed by atoms with Crippen molar-refractivity contribution in [1.29, 1.82) is 0 Å². The van der Waals surface area contributed by atoms with Gasteiger partial charge in [0.15, 0.2) is 0 Å². The Morgan fingerprint density at radius 2 is 0.967 bits per heavy atom. The summed E-state index contributed by atoms with van der Waals surface area (Å²) in [5.74, 6) is 1.000. The van der Waals surface area contributed by atoms with E-state index in [2.05, 4.69) is 21.3 Å². The summed E-state index contributed by atoms with van der Waals surface area (Å²) in [4.78, 5) is 47.5. The minimum absolute atomic E-state index is 0.0305. The zero-order valence-electron chi connectivity index (χ0n) is 17.5. The molecule has 4 N–H and O–H groups in total. The van der Waals surface area contributed by atoms with Gasteiger partial charge in [-0.2, -0.15) is 0 Å². The number of hydrogen-bond donors (Lipinski definition) is 4. The number of hydrogen-bond acceptors (Lipinski definition) is 6. The molecule has 0 aliphatic heterocycles. The third-order valence-electron chi connectivity index (χ3n) is 5.45. The second kappa shape index (κ2) is 14.6. The maximum absolute atomic E-state index is 12.0. The van der Waals surface area contributed by atoms with Gasteiger partial charge in [-0.1, -0.05) is 60.1 Å². The summed E-state index contributed by atoms with van der Waals surface area (Å²) in [7, 11) is 3.16. The van der Waals surface area contributed by atoms with Gasteiger partial charge in [0, 0.05) is 36.4 Å². The van der Waals surface area contributed by atoms with Gasteiger partial charge in [0.2, 0.25) is 11.8 Å². The Balaban J connectivity index is 1.41. The number of carbonyl (C=O) groups is 4. The van der Waals surface area contributed by atoms with Gasteiger partial charge in [-0.25, -0.2) is 9.59 Å². The second-order valence-electron chi connectivity index (χ2n) is 7.80. The van der Waals surface area contributed by atoms with E-state index in [-0.39, 0.29) is 23.7 Å². The largest absolute Gasteiger partial charge is 0.337 e. The summed E-state index contributed by atoms with van der Waals surface area (Å²) in [5, 5.41) is 10.2. The molecule has 2 saturated carbocycles. The lowest BCUT2D eigenvalue weighted by atomic mass is 9.89. The molecule has 0 heterocycles. The molecule has 2 aliphatic rings. The summed E-state index contributed by atoms with van der Waals surface area (Å²) in [5.41, 5.74) is 0. The van der Waals surface area contributed by atoms with Gasteiger partial charge in [-0.15, -0.1) is 0 Å². The van der Waals surface area contributed by atoms with Gasteiger partial charge in [0.1, 0.15) is 0 Å². The zero-order valence-corrected chi connectivity index (χ0v) is 19.1. The Hall–Kier alpha value is -1.42. The number of nitrogens with one attached hydrogen (secondary N) is 4. The van der Waals surface area contributed by atoms with Crippen molar-refractivity contribution < 1.29 is 19.2 Å². The molecule has 10 heteroatoms. The number of imide groups is 2. The average molecular weight is 459 g/mol. The lowest BCUT2D eigenvalue weighted by Gasteiger charge is -2.20. The molecule has 170 valence electrons. The van der Waals surface area contributed by atoms with E-state index in [0.717, 1.165) is 51.4 Å². The lowest BCUT2D eigenvalue weighted by molar-refractivity contribution is -0.125. The number of amides is 6. The molecule has 0 aromatic carbocycles. The van der Waals surface area contributed by atoms with Crippen LogP contribution in [0.15, 0.2) is 0 Å². The van der Waals surface area contributed by atoms with Crippen LogP contribution in [0.1, 0.15) is 64.2 Å². The number of urea groups is 2. The van der Waals surface area contributed by atoms with Crippen molar-refractivity contribution in [2.75, 3.05) is 24.6 Å². The van der Waals surface area contributed by atoms with Crippen LogP contribution in [0, 0.1) is 11.8 Å². The van der Waals surface area contributed by atoms with Gasteiger partial charge >= 0.3 is 12.1 Å². The molecule has 8 nitrogen and oxygen atoms in total. The first-order valence-electron chi connectivity index (χ1n) is 11.0. The normalized spacial score (nSPS) is 17.7. The average Bonchev–Trinajstić information content (AvgIpc) is 2.76. The van der Waals surface area contributed by atoms with Crippen molar-refractivity contribution >= 4 is 45.5 Å². The Kier molecular flexibility index (Phi) is 12.1. The van der Waals surface area contributed by atoms with Crippen molar-refractivity contribution in [2.24, 2.45) is 11.8 Å². The summed E-state index contributed by atoms with van der Waals surface area (Å²) in [6, 6.07) is -0.866. The molecule has 0 radical (unpaired) electrons. The predicted molar refractivity (Wildman–Crippen MR) is 121 cm³/mol. The molecular formula is C20H34N4O4S2. The number of rotatable bonds is 9. The highest BCUT2D eigenvalue weighted by Gasteiger charge is 2.23. The van der Waals surface area contributed by atoms with Gasteiger partial charge in [-0.3, -0.25) is 20.2 Å². The van der Waals surface area contributed by atoms with Crippen LogP contribution < -0.4 is 21.3 Å². The zero-order chi connectivity index (χ0) is 21.6. The van der Waals surface area contributed by atoms with Crippen LogP contribution in [0.3, 0.4) is 0 Å². The number of carbonyl (C=O) groups excluding carboxylic acids is 4. The summed E-state index contributed by atoms with van der Waals surface area (Å²) >= 11 is 0. The summed E-state index contributed by atoms with van der Waals surface area (Å²) in [6.45, 7) is 0.927. The maximum atomic E-state index is 12.0. The third kappa shape index (κ3) is 10.1. The molecule has 0 atom stereocenters. The molecule has 0 spiro atoms. The Labute approximate surface area is 186 Å². The molecule has 0 bridgehead atoms. The topological polar surface area (TPSA) is 116 Å². The van der Waals surface area contributed by atoms with Crippen molar-refractivity contribution in [2.45, 2.75) is 64.2 Å². The van der Waals surface area contributed by atoms with E-state index >= 15 is 0 Å². The smallest absolute Gasteiger partial charge is 0.321 e. The Morgan fingerprint density at radius 3 is 1.33 bits per heavy atom. The van der Waals surface area contributed by atoms with Crippen molar-refractivity contribution in [3.05, 3.63) is 0 Å². The lowest BCUT2D eigenvalue weighted by Crippen LogP contribution is -2.43. The highest BCUT2D eigenvalue weighted by molar-refractivity contribution is 8.76. The first-order chi connectivity index (χ1) is 14.6. The monoisotopic (exact) mass is 458 g/mol. The van der Waals surface area contributed by atoms with Crippen LogP contribution in [0.25, 0.3) is 0 Å². The van der Waals surface area contributed by atoms with Crippen LogP contribution in [0.5, 0.6) is 0 Å². The molecule has 0 saturated heterocycles. The summed E-state index contributed by atoms with van der Waals surface area (Å²) < 4.78 is 0. The predicted octanol–water partition coefficient (Wildman–Crippen LogP) is 3.18. The molecule has 0 aromatic rings. The van der Waals surface area contributed by atoms with Gasteiger partial charge in [-0.05, 0) is 25.7 Å². The fraction of sp³-hybridized carbons (Fsp3) is 0.800. The van der Waals surface area contributed by atoms with E-state index < -0.39 is 12.1 Å². The molecule has 6 amide bonds. The maximum Gasteiger partial charge on any atom is 0.321 e. The van der Waals surface area contributed by atoms with E-state index in [0.29, 0.717) is 24.6 Å². The minimum Gasteiger partial charge on any atom is -0.337 e. The summed E-state index contributed by atoms with van der Waals surface area (Å²) in [6.07, 6.45) is 10.0. The van der Waals surface area contributed by atoms with E-state index in [1.807, 2.05) is 0 Å². The molecule has 0 unspecified atom stereocenters. The second-order valence-corrected chi connectivity index (χ2v) is 10.5. The molecule has 30 heavy (non-hydrogen) atoms. The molecule has 2 aliphatic carbocycles. The SMILES string of the molecule is O=C(NCCSSCCNC(=O)NC(=O)C1CCCCC1)NC(=O)C1CCCCC1. The standard InChI is InChI=1S/C20H34N4O4S2/c25-17(15-7-3-1-4-8-15)23-19(27)21-11-13-29-30-14-12-22-20(28)24-18(26)16-9-5-2-6-10-16/h15-16H,1-14H2,(H2,21,23,25,27)(H2,22,24,26,28). The third-order valence-corrected chi connectivity index (χ3v) is 7.86. The van der Waals surface area contributed by atoms with E-state index in [4.69, 9.17) is 0 Å². The van der Waals surface area contributed by atoms with Crippen molar-refractivity contribution in [1.82, 2.24) is 21.3 Å². The van der Waals surface area contributed by atoms with E-state index in [1.54, 1.807) is 21.6 Å². The Bertz CT molecular complexity index is 529. The quantitative estimate of drug-likeness (QED) is 0.311. The van der Waals surface area contributed by atoms with Crippen LogP contribution in [0.2, 0.25) is 0 Å². The molecule has 2 fully saturated rings. The van der Waals surface area contributed by atoms with E-state index in [1.165, 1.54) is 12.8 Å². The van der Waals surface area contributed by atoms with E-state index in [9.17, 15) is 19.2 Å². The van der Waals surface area contributed by atoms with Crippen LogP contribution in [0.4, 0.5) is 9.59 Å². The van der Waals surface area contributed by atoms with Crippen molar-refractivity contribution in [3.8, 4) is 0 Å². The minimum atomic E-state index is -0.433. The highest BCUT2D eigenvalue weighted by Crippen LogP contribution is 2.24. The van der Waals surface area contributed by atoms with Crippen LogP contribution in [-0.2, 0) is 9.59 Å². The van der Waals surface area contributed by atoms with Gasteiger partial charge in [0.05, 0.1) is 0 Å². The first-order valence-corrected chi connectivity index (χ1v) is 13.5. The van der Waals surface area contributed by atoms with Crippen LogP contribution >= 0.6 is 21.6 Å². The fourth-order valence-corrected chi connectivity index (χ4v) is 5.59.